The van der Waals surface area contributed by atoms with Crippen LogP contribution in [0.25, 0.3) is 17.0 Å². The number of carbonyl (C=O) groups excluding carboxylic acids is 2. The van der Waals surface area contributed by atoms with Crippen LogP contribution in [0.4, 0.5) is 5.69 Å². The molecule has 1 amide bonds. The van der Waals surface area contributed by atoms with Gasteiger partial charge in [-0.1, -0.05) is 72.0 Å². The van der Waals surface area contributed by atoms with Gasteiger partial charge in [0.25, 0.3) is 11.5 Å². The Morgan fingerprint density at radius 2 is 1.63 bits per heavy atom. The largest absolute Gasteiger partial charge is 0.494 e. The van der Waals surface area contributed by atoms with Gasteiger partial charge in [-0.3, -0.25) is 14.2 Å². The number of esters is 1. The topological polar surface area (TPSA) is 104 Å². The van der Waals surface area contributed by atoms with Gasteiger partial charge in [-0.15, -0.1) is 0 Å². The molecule has 256 valence electrons. The summed E-state index contributed by atoms with van der Waals surface area (Å²) in [5, 5.41) is 3.99. The van der Waals surface area contributed by atoms with Crippen molar-refractivity contribution < 1.29 is 19.1 Å². The number of hydrogen-bond donors (Lipinski definition) is 1. The van der Waals surface area contributed by atoms with Crippen molar-refractivity contribution in [3.8, 4) is 5.75 Å². The van der Waals surface area contributed by atoms with Crippen molar-refractivity contribution in [1.29, 1.82) is 0 Å². The minimum absolute atomic E-state index is 0.235. The summed E-state index contributed by atoms with van der Waals surface area (Å²) in [6.45, 7) is 6.93. The Bertz CT molecular complexity index is 2460. The van der Waals surface area contributed by atoms with E-state index in [4.69, 9.17) is 14.5 Å². The summed E-state index contributed by atoms with van der Waals surface area (Å²) in [6, 6.07) is 31.5. The van der Waals surface area contributed by atoms with Crippen LogP contribution < -0.4 is 24.9 Å². The number of ether oxygens (including phenoxy) is 2. The Hall–Kier alpha value is -6.00. The first-order chi connectivity index (χ1) is 24.8. The summed E-state index contributed by atoms with van der Waals surface area (Å²) in [4.78, 5) is 45.8. The van der Waals surface area contributed by atoms with Crippen molar-refractivity contribution in [3.05, 3.63) is 163 Å². The predicted molar refractivity (Wildman–Crippen MR) is 200 cm³/mol. The minimum Gasteiger partial charge on any atom is -0.494 e. The molecule has 0 unspecified atom stereocenters. The number of fused-ring (bicyclic) bond motifs is 2. The molecule has 7 rings (SSSR count). The fourth-order valence-electron chi connectivity index (χ4n) is 6.38. The fourth-order valence-corrected chi connectivity index (χ4v) is 7.42. The van der Waals surface area contributed by atoms with E-state index >= 15 is 0 Å². The zero-order valence-corrected chi connectivity index (χ0v) is 29.3. The Morgan fingerprint density at radius 1 is 0.902 bits per heavy atom. The number of benzene rings is 4. The second-order valence-corrected chi connectivity index (χ2v) is 13.1. The number of thiazole rings is 1. The molecule has 0 bridgehead atoms. The normalized spacial score (nSPS) is 14.3. The second-order valence-electron chi connectivity index (χ2n) is 12.1. The number of aromatic nitrogens is 2. The van der Waals surface area contributed by atoms with Crippen LogP contribution in [0, 0.1) is 0 Å². The highest BCUT2D eigenvalue weighted by Crippen LogP contribution is 2.32. The number of amides is 1. The Balaban J connectivity index is 1.30. The molecular weight excluding hydrogens is 661 g/mol. The lowest BCUT2D eigenvalue weighted by Crippen LogP contribution is -2.40. The second kappa shape index (κ2) is 14.5. The van der Waals surface area contributed by atoms with Crippen molar-refractivity contribution in [2.24, 2.45) is 4.99 Å². The lowest BCUT2D eigenvalue weighted by molar-refractivity contribution is -0.113. The number of rotatable bonds is 10. The van der Waals surface area contributed by atoms with E-state index in [1.807, 2.05) is 117 Å². The predicted octanol–water partition coefficient (Wildman–Crippen LogP) is 6.45. The van der Waals surface area contributed by atoms with Crippen LogP contribution in [0.3, 0.4) is 0 Å². The molecule has 2 aromatic heterocycles. The first kappa shape index (κ1) is 33.5. The molecule has 6 aromatic rings. The summed E-state index contributed by atoms with van der Waals surface area (Å²) < 4.78 is 15.1. The highest BCUT2D eigenvalue weighted by atomic mass is 32.1. The van der Waals surface area contributed by atoms with E-state index in [0.717, 1.165) is 27.6 Å². The molecule has 3 heterocycles. The van der Waals surface area contributed by atoms with Gasteiger partial charge < -0.3 is 19.4 Å². The molecule has 0 saturated carbocycles. The monoisotopic (exact) mass is 696 g/mol. The molecule has 51 heavy (non-hydrogen) atoms. The third kappa shape index (κ3) is 6.78. The SMILES string of the molecule is CCOC(=O)c1ccc(Cn2cc(/C=c3\sc4n(c3=O)[C@@H](c3ccc(OCC)cc3)C(C(=O)Nc3ccccc3)=C(C)N=4)c3ccccc32)cc1. The number of allylic oxidation sites excluding steroid dienone is 1. The van der Waals surface area contributed by atoms with E-state index in [-0.39, 0.29) is 17.4 Å². The number of nitrogens with zero attached hydrogens (tertiary/aromatic N) is 3. The first-order valence-electron chi connectivity index (χ1n) is 16.8. The Kier molecular flexibility index (Phi) is 9.50. The van der Waals surface area contributed by atoms with Crippen molar-refractivity contribution >= 4 is 45.9 Å². The number of nitrogens with one attached hydrogen (secondary N) is 1. The maximum absolute atomic E-state index is 14.4. The third-order valence-electron chi connectivity index (χ3n) is 8.73. The molecule has 0 radical (unpaired) electrons. The lowest BCUT2D eigenvalue weighted by Gasteiger charge is -2.25. The maximum atomic E-state index is 14.4. The number of anilines is 1. The van der Waals surface area contributed by atoms with Gasteiger partial charge in [-0.05, 0) is 80.4 Å². The van der Waals surface area contributed by atoms with Crippen molar-refractivity contribution in [1.82, 2.24) is 9.13 Å². The van der Waals surface area contributed by atoms with Gasteiger partial charge in [0.1, 0.15) is 5.75 Å². The maximum Gasteiger partial charge on any atom is 0.338 e. The zero-order valence-electron chi connectivity index (χ0n) is 28.5. The summed E-state index contributed by atoms with van der Waals surface area (Å²) in [5.41, 5.74) is 5.54. The molecule has 10 heteroatoms. The average molecular weight is 697 g/mol. The molecule has 1 aliphatic rings. The van der Waals surface area contributed by atoms with Crippen LogP contribution in [0.5, 0.6) is 5.75 Å². The molecule has 0 spiro atoms. The molecule has 0 fully saturated rings. The fraction of sp³-hybridized carbons (Fsp3) is 0.171. The van der Waals surface area contributed by atoms with E-state index in [2.05, 4.69) is 9.88 Å². The van der Waals surface area contributed by atoms with Crippen LogP contribution in [-0.2, 0) is 16.1 Å². The molecule has 0 saturated heterocycles. The number of para-hydroxylation sites is 2. The van der Waals surface area contributed by atoms with Gasteiger partial charge in [0.05, 0.1) is 40.6 Å². The smallest absolute Gasteiger partial charge is 0.338 e. The van der Waals surface area contributed by atoms with Gasteiger partial charge in [-0.2, -0.15) is 0 Å². The average Bonchev–Trinajstić information content (AvgIpc) is 3.64. The zero-order chi connectivity index (χ0) is 35.5. The quantitative estimate of drug-likeness (QED) is 0.166. The molecular formula is C41H36N4O5S. The molecule has 4 aromatic carbocycles. The Labute approximate surface area is 298 Å². The minimum atomic E-state index is -0.707. The van der Waals surface area contributed by atoms with Crippen LogP contribution >= 0.6 is 11.3 Å². The highest BCUT2D eigenvalue weighted by Gasteiger charge is 2.32. The number of hydrogen-bond acceptors (Lipinski definition) is 7. The van der Waals surface area contributed by atoms with E-state index in [1.165, 1.54) is 11.3 Å². The van der Waals surface area contributed by atoms with E-state index < -0.39 is 6.04 Å². The van der Waals surface area contributed by atoms with Crippen LogP contribution in [-0.4, -0.2) is 34.2 Å². The van der Waals surface area contributed by atoms with Crippen molar-refractivity contribution in [2.75, 3.05) is 18.5 Å². The summed E-state index contributed by atoms with van der Waals surface area (Å²) in [5.74, 6) is 0.0352. The third-order valence-corrected chi connectivity index (χ3v) is 9.71. The standard InChI is InChI=1S/C41H36N4O5S/c1-4-49-32-21-19-28(20-22-32)37-36(38(46)43-31-11-7-6-8-12-31)26(3)42-41-45(37)39(47)35(51-41)23-30-25-44(34-14-10-9-13-33(30)34)24-27-15-17-29(18-16-27)40(48)50-5-2/h6-23,25,37H,4-5,24H2,1-3H3,(H,43,46)/b35-23-/t37-/m0/s1. The molecule has 1 atom stereocenters. The summed E-state index contributed by atoms with van der Waals surface area (Å²) in [7, 11) is 0. The molecule has 1 N–H and O–H groups in total. The van der Waals surface area contributed by atoms with Gasteiger partial charge in [-0.25, -0.2) is 9.79 Å². The van der Waals surface area contributed by atoms with Gasteiger partial charge >= 0.3 is 5.97 Å². The molecule has 0 aliphatic carbocycles. The Morgan fingerprint density at radius 3 is 2.35 bits per heavy atom. The van der Waals surface area contributed by atoms with Gasteiger partial charge in [0, 0.05) is 34.9 Å². The van der Waals surface area contributed by atoms with E-state index in [9.17, 15) is 14.4 Å². The van der Waals surface area contributed by atoms with Crippen LogP contribution in [0.15, 0.2) is 130 Å². The summed E-state index contributed by atoms with van der Waals surface area (Å²) in [6.07, 6.45) is 3.95. The molecule has 1 aliphatic heterocycles. The van der Waals surface area contributed by atoms with Crippen LogP contribution in [0.2, 0.25) is 0 Å². The highest BCUT2D eigenvalue weighted by molar-refractivity contribution is 7.07. The lowest BCUT2D eigenvalue weighted by atomic mass is 9.95. The van der Waals surface area contributed by atoms with Crippen molar-refractivity contribution in [3.63, 3.8) is 0 Å². The van der Waals surface area contributed by atoms with Gasteiger partial charge in [0.15, 0.2) is 4.80 Å². The van der Waals surface area contributed by atoms with E-state index in [1.54, 1.807) is 23.6 Å². The number of carbonyl (C=O) groups is 2. The summed E-state index contributed by atoms with van der Waals surface area (Å²) >= 11 is 1.30. The van der Waals surface area contributed by atoms with Gasteiger partial charge in [0.2, 0.25) is 0 Å². The van der Waals surface area contributed by atoms with Crippen molar-refractivity contribution in [2.45, 2.75) is 33.4 Å². The first-order valence-corrected chi connectivity index (χ1v) is 17.6. The van der Waals surface area contributed by atoms with E-state index in [0.29, 0.717) is 57.4 Å². The molecule has 9 nitrogen and oxygen atoms in total. The van der Waals surface area contributed by atoms with Crippen LogP contribution in [0.1, 0.15) is 53.9 Å².